The maximum absolute atomic E-state index is 5.19. The third-order valence-corrected chi connectivity index (χ3v) is 2.39. The van der Waals surface area contributed by atoms with E-state index in [0.29, 0.717) is 66.1 Å². The number of hydrogen-bond acceptors (Lipinski definition) is 7. The van der Waals surface area contributed by atoms with Gasteiger partial charge in [-0.3, -0.25) is 0 Å². The zero-order valence-electron chi connectivity index (χ0n) is 15.3. The van der Waals surface area contributed by atoms with E-state index in [1.807, 2.05) is 13.8 Å². The molecule has 0 aromatic carbocycles. The highest BCUT2D eigenvalue weighted by Crippen LogP contribution is 1.80. The van der Waals surface area contributed by atoms with Crippen molar-refractivity contribution >= 4 is 0 Å². The van der Waals surface area contributed by atoms with E-state index >= 15 is 0 Å². The van der Waals surface area contributed by atoms with E-state index in [1.165, 1.54) is 0 Å². The van der Waals surface area contributed by atoms with Crippen molar-refractivity contribution in [3.05, 3.63) is 0 Å². The zero-order chi connectivity index (χ0) is 17.4. The SMILES string of the molecule is CCOCCOCCOCC.COCCOCCOCCOC. The average Bonchev–Trinajstić information content (AvgIpc) is 2.57. The lowest BCUT2D eigenvalue weighted by Gasteiger charge is -2.04. The van der Waals surface area contributed by atoms with Crippen molar-refractivity contribution in [3.63, 3.8) is 0 Å². The minimum Gasteiger partial charge on any atom is -0.382 e. The summed E-state index contributed by atoms with van der Waals surface area (Å²) in [6.45, 7) is 11.9. The van der Waals surface area contributed by atoms with Crippen LogP contribution in [0.4, 0.5) is 0 Å². The minimum atomic E-state index is 0.618. The predicted molar refractivity (Wildman–Crippen MR) is 89.2 cm³/mol. The monoisotopic (exact) mass is 340 g/mol. The fourth-order valence-electron chi connectivity index (χ4n) is 1.23. The average molecular weight is 340 g/mol. The first-order valence-electron chi connectivity index (χ1n) is 8.19. The van der Waals surface area contributed by atoms with Crippen LogP contribution in [-0.2, 0) is 33.2 Å². The van der Waals surface area contributed by atoms with Crippen LogP contribution in [0.5, 0.6) is 0 Å². The molecule has 0 N–H and O–H groups in total. The Labute approximate surface area is 141 Å². The molecule has 0 aliphatic carbocycles. The molecular weight excluding hydrogens is 304 g/mol. The summed E-state index contributed by atoms with van der Waals surface area (Å²) in [6.07, 6.45) is 0. The Morgan fingerprint density at radius 2 is 0.652 bits per heavy atom. The molecule has 0 aromatic rings. The molecule has 0 radical (unpaired) electrons. The van der Waals surface area contributed by atoms with Crippen molar-refractivity contribution in [1.82, 2.24) is 0 Å². The van der Waals surface area contributed by atoms with Crippen LogP contribution >= 0.6 is 0 Å². The molecule has 7 heteroatoms. The van der Waals surface area contributed by atoms with E-state index in [-0.39, 0.29) is 0 Å². The van der Waals surface area contributed by atoms with Crippen LogP contribution in [-0.4, -0.2) is 93.5 Å². The van der Waals surface area contributed by atoms with E-state index in [2.05, 4.69) is 0 Å². The maximum Gasteiger partial charge on any atom is 0.0701 e. The molecule has 0 amide bonds. The van der Waals surface area contributed by atoms with E-state index in [0.717, 1.165) is 13.2 Å². The van der Waals surface area contributed by atoms with Crippen molar-refractivity contribution in [1.29, 1.82) is 0 Å². The van der Waals surface area contributed by atoms with Crippen LogP contribution in [0.15, 0.2) is 0 Å². The van der Waals surface area contributed by atoms with Gasteiger partial charge in [0.15, 0.2) is 0 Å². The van der Waals surface area contributed by atoms with Crippen molar-refractivity contribution < 1.29 is 33.2 Å². The predicted octanol–water partition coefficient (Wildman–Crippen LogP) is 1.39. The largest absolute Gasteiger partial charge is 0.382 e. The Kier molecular flexibility index (Phi) is 28.9. The molecule has 0 unspecified atom stereocenters. The molecular formula is C16H36O7. The highest BCUT2D eigenvalue weighted by Gasteiger charge is 1.89. The minimum absolute atomic E-state index is 0.618. The Balaban J connectivity index is 0. The van der Waals surface area contributed by atoms with Crippen molar-refractivity contribution in [2.45, 2.75) is 13.8 Å². The van der Waals surface area contributed by atoms with Gasteiger partial charge in [-0.1, -0.05) is 0 Å². The molecule has 7 nitrogen and oxygen atoms in total. The van der Waals surface area contributed by atoms with E-state index in [1.54, 1.807) is 14.2 Å². The Bertz CT molecular complexity index is 164. The second-order valence-electron chi connectivity index (χ2n) is 4.22. The summed E-state index contributed by atoms with van der Waals surface area (Å²) < 4.78 is 35.3. The first kappa shape index (κ1) is 25.0. The van der Waals surface area contributed by atoms with Crippen molar-refractivity contribution in [2.24, 2.45) is 0 Å². The summed E-state index contributed by atoms with van der Waals surface area (Å²) in [5, 5.41) is 0. The summed E-state index contributed by atoms with van der Waals surface area (Å²) in [6, 6.07) is 0. The molecule has 0 aliphatic heterocycles. The standard InChI is InChI=1S/C8H18O4.C8H18O3/c1-9-3-5-11-7-8-12-6-4-10-2;1-3-9-5-7-11-8-6-10-4-2/h3-8H2,1-2H3;3-8H2,1-2H3. The molecule has 0 bridgehead atoms. The molecule has 0 rings (SSSR count). The van der Waals surface area contributed by atoms with Gasteiger partial charge in [0.05, 0.1) is 66.1 Å². The molecule has 0 aliphatic rings. The molecule has 0 aromatic heterocycles. The van der Waals surface area contributed by atoms with Gasteiger partial charge in [0.1, 0.15) is 0 Å². The third kappa shape index (κ3) is 30.2. The van der Waals surface area contributed by atoms with Gasteiger partial charge in [-0.2, -0.15) is 0 Å². The van der Waals surface area contributed by atoms with E-state index < -0.39 is 0 Å². The summed E-state index contributed by atoms with van der Waals surface area (Å²) in [4.78, 5) is 0. The Morgan fingerprint density at radius 1 is 0.391 bits per heavy atom. The van der Waals surface area contributed by atoms with Crippen LogP contribution < -0.4 is 0 Å². The van der Waals surface area contributed by atoms with Gasteiger partial charge in [0, 0.05) is 27.4 Å². The molecule has 0 atom stereocenters. The van der Waals surface area contributed by atoms with Gasteiger partial charge < -0.3 is 33.2 Å². The lowest BCUT2D eigenvalue weighted by molar-refractivity contribution is 0.0106. The van der Waals surface area contributed by atoms with Crippen LogP contribution in [0.2, 0.25) is 0 Å². The van der Waals surface area contributed by atoms with Crippen LogP contribution in [0, 0.1) is 0 Å². The lowest BCUT2D eigenvalue weighted by Crippen LogP contribution is -2.10. The molecule has 0 saturated carbocycles. The number of rotatable bonds is 17. The van der Waals surface area contributed by atoms with Crippen LogP contribution in [0.1, 0.15) is 13.8 Å². The first-order valence-corrected chi connectivity index (χ1v) is 8.19. The number of ether oxygens (including phenoxy) is 7. The summed E-state index contributed by atoms with van der Waals surface area (Å²) in [5.74, 6) is 0. The number of methoxy groups -OCH3 is 2. The normalized spacial score (nSPS) is 10.4. The van der Waals surface area contributed by atoms with E-state index in [9.17, 15) is 0 Å². The maximum atomic E-state index is 5.19. The van der Waals surface area contributed by atoms with Gasteiger partial charge in [-0.25, -0.2) is 0 Å². The van der Waals surface area contributed by atoms with Crippen LogP contribution in [0.3, 0.4) is 0 Å². The zero-order valence-corrected chi connectivity index (χ0v) is 15.3. The highest BCUT2D eigenvalue weighted by atomic mass is 16.6. The second kappa shape index (κ2) is 26.6. The highest BCUT2D eigenvalue weighted by molar-refractivity contribution is 4.32. The van der Waals surface area contributed by atoms with Gasteiger partial charge in [-0.05, 0) is 13.8 Å². The Hall–Kier alpha value is -0.280. The van der Waals surface area contributed by atoms with E-state index in [4.69, 9.17) is 33.2 Å². The Morgan fingerprint density at radius 3 is 0.913 bits per heavy atom. The molecule has 0 spiro atoms. The van der Waals surface area contributed by atoms with Gasteiger partial charge in [0.2, 0.25) is 0 Å². The van der Waals surface area contributed by atoms with Crippen molar-refractivity contribution in [3.8, 4) is 0 Å². The fourth-order valence-corrected chi connectivity index (χ4v) is 1.23. The molecule has 23 heavy (non-hydrogen) atoms. The molecule has 0 fully saturated rings. The quantitative estimate of drug-likeness (QED) is 0.371. The van der Waals surface area contributed by atoms with Crippen LogP contribution in [0.25, 0.3) is 0 Å². The first-order chi connectivity index (χ1) is 11.3. The summed E-state index contributed by atoms with van der Waals surface area (Å²) >= 11 is 0. The van der Waals surface area contributed by atoms with Crippen molar-refractivity contribution in [2.75, 3.05) is 93.5 Å². The molecule has 142 valence electrons. The number of hydrogen-bond donors (Lipinski definition) is 0. The lowest BCUT2D eigenvalue weighted by atomic mass is 10.7. The van der Waals surface area contributed by atoms with Gasteiger partial charge in [-0.15, -0.1) is 0 Å². The summed E-state index contributed by atoms with van der Waals surface area (Å²) in [7, 11) is 3.30. The smallest absolute Gasteiger partial charge is 0.0701 e. The van der Waals surface area contributed by atoms with Gasteiger partial charge in [0.25, 0.3) is 0 Å². The second-order valence-corrected chi connectivity index (χ2v) is 4.22. The third-order valence-electron chi connectivity index (χ3n) is 2.39. The van der Waals surface area contributed by atoms with Gasteiger partial charge >= 0.3 is 0 Å². The topological polar surface area (TPSA) is 64.6 Å². The fraction of sp³-hybridized carbons (Fsp3) is 1.00. The molecule has 0 heterocycles. The summed E-state index contributed by atoms with van der Waals surface area (Å²) in [5.41, 5.74) is 0. The molecule has 0 saturated heterocycles.